The van der Waals surface area contributed by atoms with Gasteiger partial charge in [-0.1, -0.05) is 6.07 Å². The zero-order valence-electron chi connectivity index (χ0n) is 12.2. The van der Waals surface area contributed by atoms with Crippen molar-refractivity contribution < 1.29 is 14.6 Å². The van der Waals surface area contributed by atoms with E-state index in [1.165, 1.54) is 17.5 Å². The summed E-state index contributed by atoms with van der Waals surface area (Å²) >= 11 is 0. The number of ether oxygens (including phenoxy) is 1. The second kappa shape index (κ2) is 6.03. The summed E-state index contributed by atoms with van der Waals surface area (Å²) in [6, 6.07) is 5.80. The van der Waals surface area contributed by atoms with Gasteiger partial charge in [-0.2, -0.15) is 0 Å². The third-order valence-corrected chi connectivity index (χ3v) is 4.36. The van der Waals surface area contributed by atoms with E-state index in [1.807, 2.05) is 12.1 Å². The predicted molar refractivity (Wildman–Crippen MR) is 80.5 cm³/mol. The number of hydrogen-bond acceptors (Lipinski definition) is 3. The van der Waals surface area contributed by atoms with Gasteiger partial charge in [0.1, 0.15) is 0 Å². The maximum absolute atomic E-state index is 11.9. The Morgan fingerprint density at radius 2 is 2.00 bits per heavy atom. The summed E-state index contributed by atoms with van der Waals surface area (Å²) in [7, 11) is 0. The monoisotopic (exact) mass is 290 g/mol. The van der Waals surface area contributed by atoms with Crippen molar-refractivity contribution in [2.75, 3.05) is 25.1 Å². The highest BCUT2D eigenvalue weighted by Crippen LogP contribution is 2.25. The second-order valence-corrected chi connectivity index (χ2v) is 5.98. The predicted octanol–water partition coefficient (Wildman–Crippen LogP) is 1.84. The van der Waals surface area contributed by atoms with Gasteiger partial charge in [-0.25, -0.2) is 4.79 Å². The quantitative estimate of drug-likeness (QED) is 0.795. The highest BCUT2D eigenvalue weighted by molar-refractivity contribution is 5.89. The van der Waals surface area contributed by atoms with E-state index in [-0.39, 0.29) is 12.6 Å². The highest BCUT2D eigenvalue weighted by Gasteiger charge is 2.30. The lowest BCUT2D eigenvalue weighted by molar-refractivity contribution is -0.0598. The summed E-state index contributed by atoms with van der Waals surface area (Å²) in [6.45, 7) is 1.35. The number of hydrogen-bond donors (Lipinski definition) is 3. The zero-order chi connectivity index (χ0) is 14.7. The average molecular weight is 290 g/mol. The van der Waals surface area contributed by atoms with Crippen molar-refractivity contribution in [1.82, 2.24) is 5.32 Å². The molecule has 1 saturated heterocycles. The first-order valence-electron chi connectivity index (χ1n) is 7.61. The summed E-state index contributed by atoms with van der Waals surface area (Å²) in [5.74, 6) is 0. The average Bonchev–Trinajstić information content (AvgIpc) is 2.94. The van der Waals surface area contributed by atoms with Gasteiger partial charge in [0, 0.05) is 38.3 Å². The van der Waals surface area contributed by atoms with Gasteiger partial charge >= 0.3 is 6.03 Å². The van der Waals surface area contributed by atoms with Crippen LogP contribution in [-0.4, -0.2) is 36.5 Å². The van der Waals surface area contributed by atoms with E-state index in [1.54, 1.807) is 0 Å². The Morgan fingerprint density at radius 1 is 1.24 bits per heavy atom. The summed E-state index contributed by atoms with van der Waals surface area (Å²) in [5, 5.41) is 15.9. The fourth-order valence-electron chi connectivity index (χ4n) is 3.00. The van der Waals surface area contributed by atoms with Gasteiger partial charge < -0.3 is 20.5 Å². The number of carbonyl (C=O) groups excluding carboxylic acids is 1. The molecule has 2 amide bonds. The van der Waals surface area contributed by atoms with Gasteiger partial charge in [-0.05, 0) is 42.5 Å². The molecule has 0 aromatic heterocycles. The number of anilines is 1. The Kier molecular flexibility index (Phi) is 4.12. The molecule has 0 atom stereocenters. The van der Waals surface area contributed by atoms with Crippen LogP contribution in [-0.2, 0) is 17.6 Å². The number of carbonyl (C=O) groups is 1. The van der Waals surface area contributed by atoms with Gasteiger partial charge in [-0.15, -0.1) is 0 Å². The number of benzene rings is 1. The first-order valence-corrected chi connectivity index (χ1v) is 7.61. The number of nitrogens with one attached hydrogen (secondary N) is 2. The van der Waals surface area contributed by atoms with Crippen LogP contribution in [0.5, 0.6) is 0 Å². The Labute approximate surface area is 124 Å². The number of amides is 2. The Bertz CT molecular complexity index is 524. The standard InChI is InChI=1S/C16H22N2O3/c19-15(17-11-16(20)6-8-21-9-7-16)18-14-5-4-12-2-1-3-13(12)10-14/h4-5,10,20H,1-3,6-9,11H2,(H2,17,18,19). The maximum Gasteiger partial charge on any atom is 0.319 e. The minimum atomic E-state index is -0.840. The van der Waals surface area contributed by atoms with E-state index in [4.69, 9.17) is 4.74 Å². The van der Waals surface area contributed by atoms with Crippen LogP contribution in [0.15, 0.2) is 18.2 Å². The van der Waals surface area contributed by atoms with E-state index in [0.717, 1.165) is 18.5 Å². The molecule has 0 spiro atoms. The fraction of sp³-hybridized carbons (Fsp3) is 0.562. The first kappa shape index (κ1) is 14.4. The molecule has 5 nitrogen and oxygen atoms in total. The smallest absolute Gasteiger partial charge is 0.319 e. The molecule has 0 bridgehead atoms. The molecule has 1 fully saturated rings. The molecule has 3 N–H and O–H groups in total. The van der Waals surface area contributed by atoms with Crippen LogP contribution in [0.1, 0.15) is 30.4 Å². The zero-order valence-corrected chi connectivity index (χ0v) is 12.2. The lowest BCUT2D eigenvalue weighted by Crippen LogP contribution is -2.47. The number of fused-ring (bicyclic) bond motifs is 1. The fourth-order valence-corrected chi connectivity index (χ4v) is 3.00. The Balaban J connectivity index is 1.52. The van der Waals surface area contributed by atoms with Gasteiger partial charge in [0.05, 0.1) is 5.60 Å². The van der Waals surface area contributed by atoms with Crippen LogP contribution in [0.3, 0.4) is 0 Å². The lowest BCUT2D eigenvalue weighted by Gasteiger charge is -2.32. The normalized spacial score (nSPS) is 19.9. The number of urea groups is 1. The molecule has 3 rings (SSSR count). The molecule has 0 unspecified atom stereocenters. The molecular formula is C16H22N2O3. The number of aryl methyl sites for hydroxylation is 2. The molecule has 0 saturated carbocycles. The van der Waals surface area contributed by atoms with Crippen molar-refractivity contribution in [3.8, 4) is 0 Å². The molecule has 2 aliphatic rings. The summed E-state index contributed by atoms with van der Waals surface area (Å²) < 4.78 is 5.22. The first-order chi connectivity index (χ1) is 10.1. The van der Waals surface area contributed by atoms with Crippen LogP contribution in [0.4, 0.5) is 10.5 Å². The van der Waals surface area contributed by atoms with E-state index in [9.17, 15) is 9.90 Å². The molecule has 1 aromatic rings. The summed E-state index contributed by atoms with van der Waals surface area (Å²) in [6.07, 6.45) is 4.54. The van der Waals surface area contributed by atoms with E-state index in [0.29, 0.717) is 26.1 Å². The van der Waals surface area contributed by atoms with Gasteiger partial charge in [0.25, 0.3) is 0 Å². The molecule has 1 aromatic carbocycles. The van der Waals surface area contributed by atoms with Crippen LogP contribution >= 0.6 is 0 Å². The van der Waals surface area contributed by atoms with Crippen molar-refractivity contribution in [2.24, 2.45) is 0 Å². The molecule has 1 heterocycles. The van der Waals surface area contributed by atoms with Crippen molar-refractivity contribution in [3.05, 3.63) is 29.3 Å². The van der Waals surface area contributed by atoms with Crippen LogP contribution in [0, 0.1) is 0 Å². The molecule has 1 aliphatic carbocycles. The van der Waals surface area contributed by atoms with E-state index in [2.05, 4.69) is 16.7 Å². The molecular weight excluding hydrogens is 268 g/mol. The van der Waals surface area contributed by atoms with Crippen molar-refractivity contribution >= 4 is 11.7 Å². The molecule has 114 valence electrons. The van der Waals surface area contributed by atoms with Crippen LogP contribution < -0.4 is 10.6 Å². The van der Waals surface area contributed by atoms with Crippen molar-refractivity contribution in [1.29, 1.82) is 0 Å². The Hall–Kier alpha value is -1.59. The van der Waals surface area contributed by atoms with E-state index >= 15 is 0 Å². The third kappa shape index (κ3) is 3.54. The molecule has 0 radical (unpaired) electrons. The van der Waals surface area contributed by atoms with E-state index < -0.39 is 5.60 Å². The second-order valence-electron chi connectivity index (χ2n) is 5.98. The van der Waals surface area contributed by atoms with Gasteiger partial charge in [0.2, 0.25) is 0 Å². The van der Waals surface area contributed by atoms with Crippen molar-refractivity contribution in [2.45, 2.75) is 37.7 Å². The summed E-state index contributed by atoms with van der Waals surface area (Å²) in [4.78, 5) is 11.9. The van der Waals surface area contributed by atoms with Gasteiger partial charge in [0.15, 0.2) is 0 Å². The van der Waals surface area contributed by atoms with Crippen LogP contribution in [0.2, 0.25) is 0 Å². The Morgan fingerprint density at radius 3 is 2.81 bits per heavy atom. The lowest BCUT2D eigenvalue weighted by atomic mass is 9.94. The SMILES string of the molecule is O=C(NCC1(O)CCOCC1)Nc1ccc2c(c1)CCC2. The number of rotatable bonds is 3. The molecule has 21 heavy (non-hydrogen) atoms. The summed E-state index contributed by atoms with van der Waals surface area (Å²) in [5.41, 5.74) is 2.69. The largest absolute Gasteiger partial charge is 0.388 e. The third-order valence-electron chi connectivity index (χ3n) is 4.36. The van der Waals surface area contributed by atoms with Crippen molar-refractivity contribution in [3.63, 3.8) is 0 Å². The highest BCUT2D eigenvalue weighted by atomic mass is 16.5. The van der Waals surface area contributed by atoms with Gasteiger partial charge in [-0.3, -0.25) is 0 Å². The topological polar surface area (TPSA) is 70.6 Å². The minimum absolute atomic E-state index is 0.257. The maximum atomic E-state index is 11.9. The molecule has 1 aliphatic heterocycles. The minimum Gasteiger partial charge on any atom is -0.388 e. The number of aliphatic hydroxyl groups is 1. The van der Waals surface area contributed by atoms with Crippen LogP contribution in [0.25, 0.3) is 0 Å². The molecule has 5 heteroatoms.